The van der Waals surface area contributed by atoms with Crippen LogP contribution in [-0.4, -0.2) is 50.6 Å². The van der Waals surface area contributed by atoms with E-state index in [4.69, 9.17) is 17.3 Å². The van der Waals surface area contributed by atoms with Crippen molar-refractivity contribution in [1.29, 1.82) is 0 Å². The Morgan fingerprint density at radius 3 is 2.71 bits per heavy atom. The van der Waals surface area contributed by atoms with E-state index in [-0.39, 0.29) is 13.0 Å². The van der Waals surface area contributed by atoms with Gasteiger partial charge < -0.3 is 16.0 Å². The van der Waals surface area contributed by atoms with E-state index in [0.717, 1.165) is 16.0 Å². The van der Waals surface area contributed by atoms with Gasteiger partial charge in [0.15, 0.2) is 0 Å². The number of carbonyl (C=O) groups excluding carboxylic acids is 3. The summed E-state index contributed by atoms with van der Waals surface area (Å²) in [6.45, 7) is 0.161. The second-order valence-electron chi connectivity index (χ2n) is 8.11. The third-order valence-corrected chi connectivity index (χ3v) is 5.96. The van der Waals surface area contributed by atoms with Crippen LogP contribution in [0.25, 0.3) is 0 Å². The largest absolute Gasteiger partial charge is 0.384 e. The minimum atomic E-state index is -0.980. The van der Waals surface area contributed by atoms with Crippen LogP contribution in [0.1, 0.15) is 11.1 Å². The van der Waals surface area contributed by atoms with Crippen LogP contribution in [0.15, 0.2) is 55.0 Å². The molecule has 1 fully saturated rings. The first-order chi connectivity index (χ1) is 16.2. The molecular formula is C23H24ClN7O3. The van der Waals surface area contributed by atoms with Gasteiger partial charge in [-0.25, -0.2) is 9.78 Å². The molecule has 3 aromatic rings. The molecule has 1 unspecified atom stereocenters. The lowest BCUT2D eigenvalue weighted by Crippen LogP contribution is -2.70. The number of halogens is 1. The highest BCUT2D eigenvalue weighted by atomic mass is 35.5. The number of benzene rings is 1. The Hall–Kier alpha value is -3.92. The van der Waals surface area contributed by atoms with Gasteiger partial charge in [-0.15, -0.1) is 0 Å². The summed E-state index contributed by atoms with van der Waals surface area (Å²) in [6.07, 6.45) is 5.02. The highest BCUT2D eigenvalue weighted by Gasteiger charge is 2.55. The van der Waals surface area contributed by atoms with Gasteiger partial charge in [0, 0.05) is 38.1 Å². The summed E-state index contributed by atoms with van der Waals surface area (Å²) in [6, 6.07) is 8.78. The van der Waals surface area contributed by atoms with Crippen molar-refractivity contribution in [2.24, 2.45) is 13.0 Å². The molecule has 176 valence electrons. The van der Waals surface area contributed by atoms with Crippen LogP contribution in [0.2, 0.25) is 5.02 Å². The topological polar surface area (TPSA) is 126 Å². The Kier molecular flexibility index (Phi) is 6.51. The van der Waals surface area contributed by atoms with Gasteiger partial charge >= 0.3 is 6.03 Å². The molecule has 0 bridgehead atoms. The van der Waals surface area contributed by atoms with Crippen LogP contribution in [-0.2, 0) is 29.6 Å². The number of imide groups is 1. The van der Waals surface area contributed by atoms with E-state index in [1.807, 2.05) is 0 Å². The number of aromatic nitrogens is 3. The summed E-state index contributed by atoms with van der Waals surface area (Å²) in [5, 5.41) is 7.34. The van der Waals surface area contributed by atoms with Gasteiger partial charge in [0.05, 0.1) is 17.8 Å². The lowest BCUT2D eigenvalue weighted by atomic mass is 9.81. The Labute approximate surface area is 201 Å². The minimum Gasteiger partial charge on any atom is -0.384 e. The Morgan fingerprint density at radius 2 is 2.03 bits per heavy atom. The fraction of sp³-hybridized carbons (Fsp3) is 0.261. The van der Waals surface area contributed by atoms with Gasteiger partial charge in [0.2, 0.25) is 5.91 Å². The average molecular weight is 482 g/mol. The summed E-state index contributed by atoms with van der Waals surface area (Å²) in [4.78, 5) is 45.8. The van der Waals surface area contributed by atoms with Crippen LogP contribution in [0.4, 0.5) is 16.3 Å². The number of hydrogen-bond acceptors (Lipinski definition) is 6. The predicted octanol–water partition coefficient (Wildman–Crippen LogP) is 1.99. The Bertz CT molecular complexity index is 1240. The van der Waals surface area contributed by atoms with Gasteiger partial charge in [-0.3, -0.25) is 19.2 Å². The molecule has 4 amide bonds. The SMILES string of the molecule is CN(C(=O)[C@@H]1C(Cc2ccnc(N)c2)C(=O)N1C(=O)NCc1cccc(Cl)c1)c1cnn(C)c1. The number of nitrogen functional groups attached to an aromatic ring is 1. The van der Waals surface area contributed by atoms with E-state index in [1.165, 1.54) is 4.90 Å². The summed E-state index contributed by atoms with van der Waals surface area (Å²) in [5.74, 6) is -1.23. The Morgan fingerprint density at radius 1 is 1.24 bits per heavy atom. The van der Waals surface area contributed by atoms with E-state index in [0.29, 0.717) is 16.5 Å². The number of carbonyl (C=O) groups is 3. The predicted molar refractivity (Wildman–Crippen MR) is 127 cm³/mol. The van der Waals surface area contributed by atoms with E-state index in [1.54, 1.807) is 73.8 Å². The molecule has 1 saturated heterocycles. The summed E-state index contributed by atoms with van der Waals surface area (Å²) >= 11 is 6.00. The summed E-state index contributed by atoms with van der Waals surface area (Å²) < 4.78 is 1.57. The van der Waals surface area contributed by atoms with Crippen molar-refractivity contribution in [1.82, 2.24) is 25.0 Å². The minimum absolute atomic E-state index is 0.161. The smallest absolute Gasteiger partial charge is 0.325 e. The van der Waals surface area contributed by atoms with Crippen molar-refractivity contribution < 1.29 is 14.4 Å². The molecule has 0 spiro atoms. The van der Waals surface area contributed by atoms with Gasteiger partial charge in [0.1, 0.15) is 11.9 Å². The van der Waals surface area contributed by atoms with Crippen molar-refractivity contribution in [3.63, 3.8) is 0 Å². The van der Waals surface area contributed by atoms with Gasteiger partial charge in [-0.2, -0.15) is 5.10 Å². The molecule has 3 heterocycles. The maximum Gasteiger partial charge on any atom is 0.325 e. The van der Waals surface area contributed by atoms with Gasteiger partial charge in [-0.05, 0) is 41.8 Å². The molecule has 2 aromatic heterocycles. The number of rotatable bonds is 6. The summed E-state index contributed by atoms with van der Waals surface area (Å²) in [5.41, 5.74) is 7.85. The number of urea groups is 1. The zero-order valence-corrected chi connectivity index (χ0v) is 19.4. The number of nitrogens with one attached hydrogen (secondary N) is 1. The molecule has 0 radical (unpaired) electrons. The van der Waals surface area contributed by atoms with E-state index < -0.39 is 29.8 Å². The second-order valence-corrected chi connectivity index (χ2v) is 8.55. The molecule has 11 heteroatoms. The second kappa shape index (κ2) is 9.52. The highest BCUT2D eigenvalue weighted by Crippen LogP contribution is 2.32. The number of amides is 4. The molecule has 0 saturated carbocycles. The third kappa shape index (κ3) is 4.72. The standard InChI is InChI=1S/C23H24ClN7O3/c1-29-13-17(12-28-29)30(2)22(33)20-18(9-14-6-7-26-19(25)10-14)21(32)31(20)23(34)27-11-15-4-3-5-16(24)8-15/h3-8,10,12-13,18,20H,9,11H2,1-2H3,(H2,25,26)(H,27,34)/t18?,20-/m0/s1. The maximum absolute atomic E-state index is 13.4. The lowest BCUT2D eigenvalue weighted by molar-refractivity contribution is -0.156. The zero-order valence-electron chi connectivity index (χ0n) is 18.7. The van der Waals surface area contributed by atoms with Crippen LogP contribution in [0.5, 0.6) is 0 Å². The number of anilines is 2. The van der Waals surface area contributed by atoms with E-state index in [9.17, 15) is 14.4 Å². The van der Waals surface area contributed by atoms with Crippen LogP contribution in [0.3, 0.4) is 0 Å². The first-order valence-corrected chi connectivity index (χ1v) is 10.9. The number of likely N-dealkylation sites (tertiary alicyclic amines) is 1. The van der Waals surface area contributed by atoms with Crippen LogP contribution < -0.4 is 16.0 Å². The van der Waals surface area contributed by atoms with Crippen molar-refractivity contribution >= 4 is 41.0 Å². The van der Waals surface area contributed by atoms with Gasteiger partial charge in [0.25, 0.3) is 5.91 Å². The number of nitrogens with two attached hydrogens (primary N) is 1. The molecule has 1 aliphatic rings. The van der Waals surface area contributed by atoms with Crippen molar-refractivity contribution in [3.05, 3.63) is 71.1 Å². The van der Waals surface area contributed by atoms with Crippen molar-refractivity contribution in [2.75, 3.05) is 17.7 Å². The first-order valence-electron chi connectivity index (χ1n) is 10.6. The molecule has 1 aromatic carbocycles. The highest BCUT2D eigenvalue weighted by molar-refractivity contribution is 6.30. The average Bonchev–Trinajstić information content (AvgIpc) is 3.24. The number of nitrogens with zero attached hydrogens (tertiary/aromatic N) is 5. The number of aryl methyl sites for hydroxylation is 1. The molecule has 3 N–H and O–H groups in total. The fourth-order valence-corrected chi connectivity index (χ4v) is 4.16. The molecule has 0 aliphatic carbocycles. The molecule has 10 nitrogen and oxygen atoms in total. The normalized spacial score (nSPS) is 17.3. The van der Waals surface area contributed by atoms with Crippen LogP contribution >= 0.6 is 11.6 Å². The van der Waals surface area contributed by atoms with Gasteiger partial charge in [-0.1, -0.05) is 23.7 Å². The van der Waals surface area contributed by atoms with E-state index in [2.05, 4.69) is 15.4 Å². The lowest BCUT2D eigenvalue weighted by Gasteiger charge is -2.45. The fourth-order valence-electron chi connectivity index (χ4n) is 3.95. The van der Waals surface area contributed by atoms with Crippen LogP contribution in [0, 0.1) is 5.92 Å². The number of hydrogen-bond donors (Lipinski definition) is 2. The monoisotopic (exact) mass is 481 g/mol. The number of β-lactam (4-membered cyclic amide) rings is 1. The molecule has 4 rings (SSSR count). The molecule has 34 heavy (non-hydrogen) atoms. The zero-order chi connectivity index (χ0) is 24.4. The van der Waals surface area contributed by atoms with E-state index >= 15 is 0 Å². The maximum atomic E-state index is 13.4. The Balaban J connectivity index is 1.55. The molecule has 1 aliphatic heterocycles. The first kappa shape index (κ1) is 23.2. The number of pyridine rings is 1. The quantitative estimate of drug-likeness (QED) is 0.518. The molecular weight excluding hydrogens is 458 g/mol. The molecule has 2 atom stereocenters. The summed E-state index contributed by atoms with van der Waals surface area (Å²) in [7, 11) is 3.33. The van der Waals surface area contributed by atoms with Crippen molar-refractivity contribution in [2.45, 2.75) is 19.0 Å². The van der Waals surface area contributed by atoms with Crippen molar-refractivity contribution in [3.8, 4) is 0 Å². The number of likely N-dealkylation sites (N-methyl/N-ethyl adjacent to an activating group) is 1. The third-order valence-electron chi connectivity index (χ3n) is 5.73.